The van der Waals surface area contributed by atoms with Crippen LogP contribution in [0, 0.1) is 20.2 Å². The number of benzene rings is 4. The van der Waals surface area contributed by atoms with Crippen LogP contribution >= 0.6 is 0 Å². The van der Waals surface area contributed by atoms with Gasteiger partial charge >= 0.3 is 11.7 Å². The fourth-order valence-electron chi connectivity index (χ4n) is 3.24. The first-order chi connectivity index (χ1) is 16.4. The molecule has 0 radical (unpaired) electrons. The number of non-ortho nitro benzene ring substituents is 1. The van der Waals surface area contributed by atoms with E-state index in [-0.39, 0.29) is 5.69 Å². The predicted octanol–water partition coefficient (Wildman–Crippen LogP) is 5.32. The van der Waals surface area contributed by atoms with Gasteiger partial charge in [-0.2, -0.15) is 5.10 Å². The second kappa shape index (κ2) is 9.57. The zero-order valence-corrected chi connectivity index (χ0v) is 17.5. The number of carbonyl (C=O) groups excluding carboxylic acids is 1. The van der Waals surface area contributed by atoms with Gasteiger partial charge in [0.2, 0.25) is 0 Å². The molecule has 0 heterocycles. The number of hydrogen-bond donors (Lipinski definition) is 1. The molecule has 0 unspecified atom stereocenters. The van der Waals surface area contributed by atoms with Gasteiger partial charge in [0.25, 0.3) is 5.69 Å². The Morgan fingerprint density at radius 1 is 0.882 bits per heavy atom. The molecular formula is C24H16N4O6. The molecule has 4 aromatic carbocycles. The van der Waals surface area contributed by atoms with E-state index in [2.05, 4.69) is 10.5 Å². The molecular weight excluding hydrogens is 440 g/mol. The van der Waals surface area contributed by atoms with E-state index in [4.69, 9.17) is 4.74 Å². The molecule has 0 atom stereocenters. The first kappa shape index (κ1) is 22.1. The Balaban J connectivity index is 1.44. The Hall–Kier alpha value is -5.12. The van der Waals surface area contributed by atoms with Gasteiger partial charge in [0, 0.05) is 6.07 Å². The van der Waals surface area contributed by atoms with Crippen LogP contribution in [0.25, 0.3) is 10.8 Å². The number of hydrazone groups is 1. The van der Waals surface area contributed by atoms with Crippen LogP contribution in [0.1, 0.15) is 15.9 Å². The van der Waals surface area contributed by atoms with Crippen molar-refractivity contribution in [3.8, 4) is 5.75 Å². The van der Waals surface area contributed by atoms with Crippen molar-refractivity contribution in [3.05, 3.63) is 116 Å². The van der Waals surface area contributed by atoms with Crippen molar-refractivity contribution in [1.29, 1.82) is 0 Å². The Kier molecular flexibility index (Phi) is 6.22. The number of fused-ring (bicyclic) bond motifs is 1. The van der Waals surface area contributed by atoms with E-state index in [1.54, 1.807) is 36.4 Å². The number of nitro benzene ring substituents is 2. The zero-order chi connectivity index (χ0) is 24.1. The summed E-state index contributed by atoms with van der Waals surface area (Å²) in [6, 6.07) is 22.6. The molecule has 34 heavy (non-hydrogen) atoms. The molecule has 0 aliphatic rings. The lowest BCUT2D eigenvalue weighted by Crippen LogP contribution is -2.09. The van der Waals surface area contributed by atoms with Crippen LogP contribution in [0.15, 0.2) is 90.0 Å². The summed E-state index contributed by atoms with van der Waals surface area (Å²) in [4.78, 5) is 33.2. The van der Waals surface area contributed by atoms with Gasteiger partial charge in [0.05, 0.1) is 27.7 Å². The fourth-order valence-corrected chi connectivity index (χ4v) is 3.24. The van der Waals surface area contributed by atoms with E-state index in [1.807, 2.05) is 30.3 Å². The highest BCUT2D eigenvalue weighted by atomic mass is 16.6. The number of anilines is 1. The van der Waals surface area contributed by atoms with Gasteiger partial charge in [0.1, 0.15) is 11.4 Å². The first-order valence-electron chi connectivity index (χ1n) is 9.94. The Bertz CT molecular complexity index is 1430. The molecule has 0 saturated carbocycles. The highest BCUT2D eigenvalue weighted by Crippen LogP contribution is 2.29. The second-order valence-electron chi connectivity index (χ2n) is 7.07. The number of nitro groups is 2. The van der Waals surface area contributed by atoms with E-state index in [0.717, 1.165) is 22.9 Å². The molecule has 4 rings (SSSR count). The molecule has 0 saturated heterocycles. The van der Waals surface area contributed by atoms with Crippen molar-refractivity contribution in [1.82, 2.24) is 0 Å². The topological polar surface area (TPSA) is 137 Å². The van der Waals surface area contributed by atoms with Gasteiger partial charge in [-0.05, 0) is 52.7 Å². The molecule has 0 aliphatic heterocycles. The zero-order valence-electron chi connectivity index (χ0n) is 17.5. The smallest absolute Gasteiger partial charge is 0.344 e. The molecule has 10 nitrogen and oxygen atoms in total. The van der Waals surface area contributed by atoms with Crippen LogP contribution in [0.5, 0.6) is 5.75 Å². The minimum atomic E-state index is -0.732. The number of esters is 1. The quantitative estimate of drug-likeness (QED) is 0.131. The lowest BCUT2D eigenvalue weighted by atomic mass is 10.0. The Labute approximate surface area is 192 Å². The van der Waals surface area contributed by atoms with E-state index in [1.165, 1.54) is 12.3 Å². The molecule has 4 aromatic rings. The Morgan fingerprint density at radius 3 is 2.35 bits per heavy atom. The van der Waals surface area contributed by atoms with Crippen molar-refractivity contribution in [2.24, 2.45) is 5.10 Å². The molecule has 0 aliphatic carbocycles. The molecule has 0 spiro atoms. The monoisotopic (exact) mass is 456 g/mol. The van der Waals surface area contributed by atoms with Crippen molar-refractivity contribution in [2.75, 3.05) is 5.43 Å². The fraction of sp³-hybridized carbons (Fsp3) is 0. The standard InChI is InChI=1S/C24H16N4O6/c29-24(21-7-3-5-17-4-1-2-6-20(17)21)34-19-11-8-16(9-12-19)15-25-26-22-13-10-18(27(30)31)14-23(22)28(32)33/h1-15,26H/b25-15-. The molecule has 10 heteroatoms. The van der Waals surface area contributed by atoms with Gasteiger partial charge in [-0.15, -0.1) is 0 Å². The molecule has 0 bridgehead atoms. The summed E-state index contributed by atoms with van der Waals surface area (Å²) in [7, 11) is 0. The van der Waals surface area contributed by atoms with Crippen molar-refractivity contribution in [2.45, 2.75) is 0 Å². The van der Waals surface area contributed by atoms with Crippen molar-refractivity contribution in [3.63, 3.8) is 0 Å². The van der Waals surface area contributed by atoms with Crippen LogP contribution in [-0.4, -0.2) is 22.0 Å². The summed E-state index contributed by atoms with van der Waals surface area (Å²) in [6.07, 6.45) is 1.40. The third kappa shape index (κ3) is 4.86. The van der Waals surface area contributed by atoms with Crippen LogP contribution in [0.2, 0.25) is 0 Å². The summed E-state index contributed by atoms with van der Waals surface area (Å²) in [6.45, 7) is 0. The molecule has 1 N–H and O–H groups in total. The van der Waals surface area contributed by atoms with E-state index < -0.39 is 27.2 Å². The highest BCUT2D eigenvalue weighted by molar-refractivity contribution is 6.05. The molecule has 168 valence electrons. The van der Waals surface area contributed by atoms with Crippen LogP contribution in [0.4, 0.5) is 17.1 Å². The minimum absolute atomic E-state index is 0.00693. The van der Waals surface area contributed by atoms with E-state index >= 15 is 0 Å². The summed E-state index contributed by atoms with van der Waals surface area (Å²) in [5.41, 5.74) is 2.74. The third-order valence-electron chi connectivity index (χ3n) is 4.89. The van der Waals surface area contributed by atoms with Crippen LogP contribution in [0.3, 0.4) is 0 Å². The average Bonchev–Trinajstić information content (AvgIpc) is 2.84. The van der Waals surface area contributed by atoms with Gasteiger partial charge < -0.3 is 4.74 Å². The summed E-state index contributed by atoms with van der Waals surface area (Å²) in [5.74, 6) is -0.139. The maximum absolute atomic E-state index is 12.6. The SMILES string of the molecule is O=C(Oc1ccc(/C=N\Nc2ccc([N+](=O)[O-])cc2[N+](=O)[O-])cc1)c1cccc2ccccc12. The van der Waals surface area contributed by atoms with Crippen molar-refractivity contribution >= 4 is 40.0 Å². The van der Waals surface area contributed by atoms with Gasteiger partial charge in [-0.3, -0.25) is 25.7 Å². The van der Waals surface area contributed by atoms with Crippen LogP contribution in [-0.2, 0) is 0 Å². The summed E-state index contributed by atoms with van der Waals surface area (Å²) >= 11 is 0. The maximum atomic E-state index is 12.6. The number of hydrogen-bond acceptors (Lipinski definition) is 8. The minimum Gasteiger partial charge on any atom is -0.423 e. The van der Waals surface area contributed by atoms with Gasteiger partial charge in [0.15, 0.2) is 0 Å². The van der Waals surface area contributed by atoms with E-state index in [0.29, 0.717) is 16.9 Å². The average molecular weight is 456 g/mol. The molecule has 0 fully saturated rings. The second-order valence-corrected chi connectivity index (χ2v) is 7.07. The number of nitrogens with one attached hydrogen (secondary N) is 1. The van der Waals surface area contributed by atoms with Gasteiger partial charge in [-0.25, -0.2) is 4.79 Å². The lowest BCUT2D eigenvalue weighted by Gasteiger charge is -2.07. The number of carbonyl (C=O) groups is 1. The predicted molar refractivity (Wildman–Crippen MR) is 126 cm³/mol. The number of rotatable bonds is 7. The highest BCUT2D eigenvalue weighted by Gasteiger charge is 2.19. The van der Waals surface area contributed by atoms with E-state index in [9.17, 15) is 25.0 Å². The maximum Gasteiger partial charge on any atom is 0.344 e. The Morgan fingerprint density at radius 2 is 1.62 bits per heavy atom. The van der Waals surface area contributed by atoms with Crippen LogP contribution < -0.4 is 10.2 Å². The lowest BCUT2D eigenvalue weighted by molar-refractivity contribution is -0.393. The normalized spacial score (nSPS) is 10.8. The first-order valence-corrected chi connectivity index (χ1v) is 9.94. The largest absolute Gasteiger partial charge is 0.423 e. The van der Waals surface area contributed by atoms with Gasteiger partial charge in [-0.1, -0.05) is 36.4 Å². The summed E-state index contributed by atoms with van der Waals surface area (Å²) < 4.78 is 5.48. The molecule has 0 aromatic heterocycles. The number of nitrogens with zero attached hydrogens (tertiary/aromatic N) is 3. The van der Waals surface area contributed by atoms with Crippen molar-refractivity contribution < 1.29 is 19.4 Å². The number of ether oxygens (including phenoxy) is 1. The molecule has 0 amide bonds. The third-order valence-corrected chi connectivity index (χ3v) is 4.89. The summed E-state index contributed by atoms with van der Waals surface area (Å²) in [5, 5.41) is 27.7.